The Morgan fingerprint density at radius 2 is 2.10 bits per heavy atom. The van der Waals surface area contributed by atoms with Crippen molar-refractivity contribution in [2.45, 2.75) is 50.7 Å². The second kappa shape index (κ2) is 7.72. The Kier molecular flexibility index (Phi) is 5.95. The molecule has 1 aromatic rings. The third-order valence-corrected chi connectivity index (χ3v) is 4.34. The lowest BCUT2D eigenvalue weighted by Gasteiger charge is -2.34. The fourth-order valence-electron chi connectivity index (χ4n) is 3.34. The summed E-state index contributed by atoms with van der Waals surface area (Å²) >= 11 is 0. The highest BCUT2D eigenvalue weighted by Crippen LogP contribution is 2.30. The van der Waals surface area contributed by atoms with Crippen molar-refractivity contribution in [3.05, 3.63) is 35.6 Å². The minimum Gasteiger partial charge on any atom is -0.379 e. The summed E-state index contributed by atoms with van der Waals surface area (Å²) < 4.78 is 19.0. The van der Waals surface area contributed by atoms with Crippen molar-refractivity contribution in [3.63, 3.8) is 0 Å². The number of ether oxygens (including phenoxy) is 1. The van der Waals surface area contributed by atoms with Gasteiger partial charge in [-0.3, -0.25) is 11.3 Å². The molecule has 0 aromatic heterocycles. The van der Waals surface area contributed by atoms with Gasteiger partial charge in [0.15, 0.2) is 0 Å². The molecule has 0 radical (unpaired) electrons. The number of hydrogen-bond donors (Lipinski definition) is 2. The van der Waals surface area contributed by atoms with E-state index in [4.69, 9.17) is 10.6 Å². The Balaban J connectivity index is 2.04. The Bertz CT molecular complexity index is 407. The number of halogens is 1. The van der Waals surface area contributed by atoms with Gasteiger partial charge in [-0.05, 0) is 42.9 Å². The molecule has 0 bridgehead atoms. The topological polar surface area (TPSA) is 47.3 Å². The molecule has 0 spiro atoms. The second-order valence-corrected chi connectivity index (χ2v) is 5.71. The van der Waals surface area contributed by atoms with E-state index in [0.717, 1.165) is 5.56 Å². The third kappa shape index (κ3) is 4.01. The average molecular weight is 280 g/mol. The first-order valence-corrected chi connectivity index (χ1v) is 7.48. The van der Waals surface area contributed by atoms with Crippen LogP contribution in [0.25, 0.3) is 0 Å². The summed E-state index contributed by atoms with van der Waals surface area (Å²) in [6, 6.07) is 6.72. The first-order valence-electron chi connectivity index (χ1n) is 7.48. The van der Waals surface area contributed by atoms with Crippen LogP contribution < -0.4 is 11.3 Å². The van der Waals surface area contributed by atoms with Crippen LogP contribution in [-0.2, 0) is 11.2 Å². The van der Waals surface area contributed by atoms with Crippen molar-refractivity contribution in [3.8, 4) is 0 Å². The maximum Gasteiger partial charge on any atom is 0.123 e. The van der Waals surface area contributed by atoms with Crippen LogP contribution in [0.2, 0.25) is 0 Å². The molecule has 2 atom stereocenters. The zero-order valence-electron chi connectivity index (χ0n) is 12.1. The van der Waals surface area contributed by atoms with E-state index in [0.29, 0.717) is 12.3 Å². The third-order valence-electron chi connectivity index (χ3n) is 4.34. The smallest absolute Gasteiger partial charge is 0.123 e. The molecule has 20 heavy (non-hydrogen) atoms. The summed E-state index contributed by atoms with van der Waals surface area (Å²) in [7, 11) is 1.75. The van der Waals surface area contributed by atoms with E-state index in [1.807, 2.05) is 6.07 Å². The van der Waals surface area contributed by atoms with E-state index in [1.54, 1.807) is 19.2 Å². The van der Waals surface area contributed by atoms with E-state index in [2.05, 4.69) is 5.43 Å². The lowest BCUT2D eigenvalue weighted by Crippen LogP contribution is -2.49. The van der Waals surface area contributed by atoms with Crippen molar-refractivity contribution in [1.29, 1.82) is 0 Å². The van der Waals surface area contributed by atoms with Gasteiger partial charge < -0.3 is 4.74 Å². The molecule has 0 saturated heterocycles. The number of methoxy groups -OCH3 is 1. The summed E-state index contributed by atoms with van der Waals surface area (Å²) in [5.74, 6) is 6.06. The Hall–Kier alpha value is -0.970. The zero-order valence-corrected chi connectivity index (χ0v) is 12.1. The van der Waals surface area contributed by atoms with Crippen LogP contribution in [0.15, 0.2) is 24.3 Å². The lowest BCUT2D eigenvalue weighted by atomic mass is 9.81. The monoisotopic (exact) mass is 280 g/mol. The van der Waals surface area contributed by atoms with Crippen molar-refractivity contribution in [1.82, 2.24) is 5.43 Å². The Labute approximate surface area is 120 Å². The standard InChI is InChI=1S/C16H25FN2O/c1-20-16(13-7-3-2-4-8-13)15(19-18)11-12-6-5-9-14(17)10-12/h5-6,9-10,13,15-16,19H,2-4,7-8,11,18H2,1H3. The van der Waals surface area contributed by atoms with Gasteiger partial charge in [-0.15, -0.1) is 0 Å². The molecule has 4 heteroatoms. The first-order chi connectivity index (χ1) is 9.74. The highest BCUT2D eigenvalue weighted by atomic mass is 19.1. The van der Waals surface area contributed by atoms with E-state index in [9.17, 15) is 4.39 Å². The molecule has 0 heterocycles. The van der Waals surface area contributed by atoms with Gasteiger partial charge in [0.2, 0.25) is 0 Å². The molecule has 112 valence electrons. The van der Waals surface area contributed by atoms with Crippen LogP contribution in [0.3, 0.4) is 0 Å². The zero-order chi connectivity index (χ0) is 14.4. The summed E-state index contributed by atoms with van der Waals surface area (Å²) in [5.41, 5.74) is 3.82. The number of nitrogens with two attached hydrogens (primary N) is 1. The molecule has 0 amide bonds. The number of hydrogen-bond acceptors (Lipinski definition) is 3. The molecule has 1 aliphatic carbocycles. The molecule has 2 unspecified atom stereocenters. The quantitative estimate of drug-likeness (QED) is 0.622. The normalized spacial score (nSPS) is 19.8. The first kappa shape index (κ1) is 15.4. The maximum atomic E-state index is 13.3. The molecule has 1 aliphatic rings. The van der Waals surface area contributed by atoms with Crippen LogP contribution in [-0.4, -0.2) is 19.3 Å². The van der Waals surface area contributed by atoms with Crippen LogP contribution in [0.5, 0.6) is 0 Å². The van der Waals surface area contributed by atoms with E-state index in [1.165, 1.54) is 38.2 Å². The molecule has 0 aliphatic heterocycles. The molecule has 3 nitrogen and oxygen atoms in total. The van der Waals surface area contributed by atoms with Gasteiger partial charge in [-0.1, -0.05) is 31.4 Å². The minimum atomic E-state index is -0.204. The molecule has 3 N–H and O–H groups in total. The van der Waals surface area contributed by atoms with Crippen LogP contribution in [0, 0.1) is 11.7 Å². The number of hydrazine groups is 1. The second-order valence-electron chi connectivity index (χ2n) is 5.71. The predicted octanol–water partition coefficient (Wildman–Crippen LogP) is 2.80. The number of rotatable bonds is 6. The molecule has 1 aromatic carbocycles. The largest absolute Gasteiger partial charge is 0.379 e. The van der Waals surface area contributed by atoms with Crippen LogP contribution >= 0.6 is 0 Å². The number of benzene rings is 1. The average Bonchev–Trinajstić information content (AvgIpc) is 2.48. The summed E-state index contributed by atoms with van der Waals surface area (Å²) in [5, 5.41) is 0. The fraction of sp³-hybridized carbons (Fsp3) is 0.625. The van der Waals surface area contributed by atoms with Gasteiger partial charge in [0, 0.05) is 7.11 Å². The molecule has 1 fully saturated rings. The van der Waals surface area contributed by atoms with Crippen molar-refractivity contribution < 1.29 is 9.13 Å². The Morgan fingerprint density at radius 1 is 1.35 bits per heavy atom. The van der Waals surface area contributed by atoms with Gasteiger partial charge in [0.25, 0.3) is 0 Å². The Morgan fingerprint density at radius 3 is 2.70 bits per heavy atom. The van der Waals surface area contributed by atoms with Crippen LogP contribution in [0.1, 0.15) is 37.7 Å². The van der Waals surface area contributed by atoms with Gasteiger partial charge in [0.1, 0.15) is 5.82 Å². The molecular weight excluding hydrogens is 255 g/mol. The van der Waals surface area contributed by atoms with Gasteiger partial charge in [-0.25, -0.2) is 4.39 Å². The van der Waals surface area contributed by atoms with Crippen LogP contribution in [0.4, 0.5) is 4.39 Å². The van der Waals surface area contributed by atoms with Gasteiger partial charge in [0.05, 0.1) is 12.1 Å². The van der Waals surface area contributed by atoms with Gasteiger partial charge >= 0.3 is 0 Å². The summed E-state index contributed by atoms with van der Waals surface area (Å²) in [6.45, 7) is 0. The number of nitrogens with one attached hydrogen (secondary N) is 1. The summed E-state index contributed by atoms with van der Waals surface area (Å²) in [4.78, 5) is 0. The minimum absolute atomic E-state index is 0.0184. The fourth-order valence-corrected chi connectivity index (χ4v) is 3.34. The SMILES string of the molecule is COC(C1CCCCC1)C(Cc1cccc(F)c1)NN. The summed E-state index contributed by atoms with van der Waals surface area (Å²) in [6.07, 6.45) is 7.01. The molecule has 1 saturated carbocycles. The molecular formula is C16H25FN2O. The van der Waals surface area contributed by atoms with Crippen molar-refractivity contribution in [2.75, 3.05) is 7.11 Å². The van der Waals surface area contributed by atoms with E-state index in [-0.39, 0.29) is 18.0 Å². The predicted molar refractivity (Wildman–Crippen MR) is 78.6 cm³/mol. The lowest BCUT2D eigenvalue weighted by molar-refractivity contribution is 0.00826. The van der Waals surface area contributed by atoms with Crippen molar-refractivity contribution >= 4 is 0 Å². The maximum absolute atomic E-state index is 13.3. The molecule has 2 rings (SSSR count). The highest BCUT2D eigenvalue weighted by molar-refractivity contribution is 5.18. The van der Waals surface area contributed by atoms with E-state index >= 15 is 0 Å². The van der Waals surface area contributed by atoms with Gasteiger partial charge in [-0.2, -0.15) is 0 Å². The highest BCUT2D eigenvalue weighted by Gasteiger charge is 2.30. The van der Waals surface area contributed by atoms with Crippen molar-refractivity contribution in [2.24, 2.45) is 11.8 Å². The van der Waals surface area contributed by atoms with E-state index < -0.39 is 0 Å².